The van der Waals surface area contributed by atoms with Gasteiger partial charge in [-0.2, -0.15) is 10.2 Å². The number of halogens is 3. The quantitative estimate of drug-likeness (QED) is 0.470. The van der Waals surface area contributed by atoms with Crippen LogP contribution in [0.5, 0.6) is 0 Å². The lowest BCUT2D eigenvalue weighted by Crippen LogP contribution is -2.58. The number of aryl methyl sites for hydroxylation is 1. The first-order valence-electron chi connectivity index (χ1n) is 11.8. The van der Waals surface area contributed by atoms with Crippen molar-refractivity contribution < 1.29 is 22.5 Å². The van der Waals surface area contributed by atoms with E-state index in [1.54, 1.807) is 13.0 Å². The molecule has 0 spiro atoms. The maximum atomic E-state index is 14.5. The number of nitrogens with zero attached hydrogens (tertiary/aromatic N) is 4. The molecule has 184 valence electrons. The Hall–Kier alpha value is -3.23. The molecule has 2 bridgehead atoms. The molecule has 9 heteroatoms. The second-order valence-electron chi connectivity index (χ2n) is 10.3. The number of carbonyl (C=O) groups excluding carboxylic acids is 1. The van der Waals surface area contributed by atoms with Gasteiger partial charge in [0.25, 0.3) is 5.91 Å². The van der Waals surface area contributed by atoms with E-state index >= 15 is 0 Å². The molecule has 0 unspecified atom stereocenters. The Morgan fingerprint density at radius 3 is 2.57 bits per heavy atom. The number of fused-ring (bicyclic) bond motifs is 2. The summed E-state index contributed by atoms with van der Waals surface area (Å²) < 4.78 is 47.6. The Labute approximate surface area is 201 Å². The summed E-state index contributed by atoms with van der Waals surface area (Å²) in [5.41, 5.74) is 0.831. The highest BCUT2D eigenvalue weighted by Crippen LogP contribution is 2.62. The van der Waals surface area contributed by atoms with Crippen LogP contribution >= 0.6 is 0 Å². The summed E-state index contributed by atoms with van der Waals surface area (Å²) in [6, 6.07) is 6.98. The number of hydrogen-bond donors (Lipinski definition) is 0. The average molecular weight is 485 g/mol. The van der Waals surface area contributed by atoms with Gasteiger partial charge in [0.1, 0.15) is 24.1 Å². The Morgan fingerprint density at radius 2 is 1.94 bits per heavy atom. The third kappa shape index (κ3) is 3.72. The maximum absolute atomic E-state index is 14.5. The number of hydrogen-bond acceptors (Lipinski definition) is 5. The molecule has 6 nitrogen and oxygen atoms in total. The van der Waals surface area contributed by atoms with Gasteiger partial charge >= 0.3 is 0 Å². The molecule has 1 aromatic carbocycles. The van der Waals surface area contributed by atoms with E-state index < -0.39 is 29.6 Å². The molecule has 1 amide bonds. The van der Waals surface area contributed by atoms with Gasteiger partial charge in [0, 0.05) is 24.6 Å². The standard InChI is InChI=1S/C26H27F3N4O2/c1-15-11-21(32-35-15)24(34)33(10-9-27)14-26-8-7-16(13-25(26,2)3)17-12-20(30-31-23(17)26)22-18(28)5-4-6-19(22)29/h4-6,11-12,16H,7-10,13-14H2,1-3H3/t16-,26+/m1/s1. The molecule has 2 heterocycles. The molecule has 0 radical (unpaired) electrons. The third-order valence-electron chi connectivity index (χ3n) is 7.86. The summed E-state index contributed by atoms with van der Waals surface area (Å²) in [6.45, 7) is 5.39. The van der Waals surface area contributed by atoms with E-state index in [1.807, 2.05) is 0 Å². The van der Waals surface area contributed by atoms with E-state index in [2.05, 4.69) is 29.2 Å². The highest BCUT2D eigenvalue weighted by molar-refractivity contribution is 5.92. The van der Waals surface area contributed by atoms with E-state index in [1.165, 1.54) is 29.2 Å². The van der Waals surface area contributed by atoms with E-state index in [9.17, 15) is 18.0 Å². The Balaban J connectivity index is 1.59. The minimum Gasteiger partial charge on any atom is -0.361 e. The van der Waals surface area contributed by atoms with Gasteiger partial charge in [-0.3, -0.25) is 4.79 Å². The predicted molar refractivity (Wildman–Crippen MR) is 123 cm³/mol. The molecule has 3 aliphatic rings. The molecule has 0 aliphatic heterocycles. The van der Waals surface area contributed by atoms with Crippen molar-refractivity contribution in [3.05, 3.63) is 64.7 Å². The van der Waals surface area contributed by atoms with Crippen LogP contribution in [-0.4, -0.2) is 45.9 Å². The number of rotatable bonds is 6. The monoisotopic (exact) mass is 484 g/mol. The predicted octanol–water partition coefficient (Wildman–Crippen LogP) is 5.38. The first-order chi connectivity index (χ1) is 16.7. The van der Waals surface area contributed by atoms with Gasteiger partial charge in [-0.1, -0.05) is 25.1 Å². The second-order valence-corrected chi connectivity index (χ2v) is 10.3. The van der Waals surface area contributed by atoms with Crippen molar-refractivity contribution in [1.82, 2.24) is 20.3 Å². The van der Waals surface area contributed by atoms with Crippen molar-refractivity contribution in [1.29, 1.82) is 0 Å². The van der Waals surface area contributed by atoms with Gasteiger partial charge in [0.2, 0.25) is 0 Å². The molecule has 0 saturated heterocycles. The maximum Gasteiger partial charge on any atom is 0.276 e. The Morgan fingerprint density at radius 1 is 1.20 bits per heavy atom. The lowest BCUT2D eigenvalue weighted by atomic mass is 9.48. The Bertz CT molecular complexity index is 1270. The summed E-state index contributed by atoms with van der Waals surface area (Å²) in [5, 5.41) is 12.6. The number of carbonyl (C=O) groups is 1. The van der Waals surface area contributed by atoms with Gasteiger partial charge < -0.3 is 9.42 Å². The van der Waals surface area contributed by atoms with Gasteiger partial charge in [-0.05, 0) is 61.3 Å². The first kappa shape index (κ1) is 23.5. The van der Waals surface area contributed by atoms with Crippen molar-refractivity contribution in [3.8, 4) is 11.3 Å². The number of aromatic nitrogens is 3. The number of alkyl halides is 1. The fraction of sp³-hybridized carbons (Fsp3) is 0.462. The molecule has 6 rings (SSSR count). The molecular formula is C26H27F3N4O2. The zero-order valence-corrected chi connectivity index (χ0v) is 19.9. The Kier molecular flexibility index (Phi) is 5.68. The summed E-state index contributed by atoms with van der Waals surface area (Å²) >= 11 is 0. The first-order valence-corrected chi connectivity index (χ1v) is 11.8. The van der Waals surface area contributed by atoms with Crippen LogP contribution in [0.1, 0.15) is 66.5 Å². The molecule has 35 heavy (non-hydrogen) atoms. The fourth-order valence-electron chi connectivity index (χ4n) is 6.01. The van der Waals surface area contributed by atoms with Crippen molar-refractivity contribution in [2.24, 2.45) is 5.41 Å². The normalized spacial score (nSPS) is 22.2. The summed E-state index contributed by atoms with van der Waals surface area (Å²) in [6.07, 6.45) is 2.39. The van der Waals surface area contributed by atoms with E-state index in [0.29, 0.717) is 5.76 Å². The second kappa shape index (κ2) is 8.46. The molecule has 0 N–H and O–H groups in total. The SMILES string of the molecule is Cc1cc(C(=O)N(CCF)C[C@]23CC[C@H](CC2(C)C)c2cc(-c4c(F)cccc4F)nnc23)no1. The van der Waals surface area contributed by atoms with E-state index in [-0.39, 0.29) is 41.4 Å². The zero-order chi connectivity index (χ0) is 25.0. The van der Waals surface area contributed by atoms with Gasteiger partial charge in [-0.15, -0.1) is 0 Å². The summed E-state index contributed by atoms with van der Waals surface area (Å²) in [4.78, 5) is 14.7. The van der Waals surface area contributed by atoms with Crippen molar-refractivity contribution in [3.63, 3.8) is 0 Å². The van der Waals surface area contributed by atoms with Crippen LogP contribution in [0.4, 0.5) is 13.2 Å². The molecule has 2 atom stereocenters. The molecule has 2 aromatic heterocycles. The van der Waals surface area contributed by atoms with Crippen LogP contribution in [0.3, 0.4) is 0 Å². The highest BCUT2D eigenvalue weighted by atomic mass is 19.1. The molecule has 3 aromatic rings. The largest absolute Gasteiger partial charge is 0.361 e. The van der Waals surface area contributed by atoms with Gasteiger partial charge in [0.05, 0.1) is 17.0 Å². The molecule has 1 saturated carbocycles. The van der Waals surface area contributed by atoms with E-state index in [0.717, 1.165) is 30.5 Å². The number of amides is 1. The van der Waals surface area contributed by atoms with Crippen LogP contribution in [0.2, 0.25) is 0 Å². The average Bonchev–Trinajstić information content (AvgIpc) is 3.25. The summed E-state index contributed by atoms with van der Waals surface area (Å²) in [7, 11) is 0. The highest BCUT2D eigenvalue weighted by Gasteiger charge is 2.58. The van der Waals surface area contributed by atoms with Gasteiger partial charge in [0.15, 0.2) is 5.69 Å². The van der Waals surface area contributed by atoms with Crippen LogP contribution in [0, 0.1) is 24.0 Å². The van der Waals surface area contributed by atoms with Crippen LogP contribution < -0.4 is 0 Å². The smallest absolute Gasteiger partial charge is 0.276 e. The van der Waals surface area contributed by atoms with Crippen LogP contribution in [0.15, 0.2) is 34.9 Å². The zero-order valence-electron chi connectivity index (χ0n) is 19.9. The molecular weight excluding hydrogens is 457 g/mol. The minimum atomic E-state index is -0.703. The third-order valence-corrected chi connectivity index (χ3v) is 7.86. The van der Waals surface area contributed by atoms with E-state index in [4.69, 9.17) is 4.52 Å². The molecule has 1 fully saturated rings. The van der Waals surface area contributed by atoms with Crippen molar-refractivity contribution in [2.75, 3.05) is 19.8 Å². The van der Waals surface area contributed by atoms with Crippen LogP contribution in [-0.2, 0) is 5.41 Å². The van der Waals surface area contributed by atoms with Crippen LogP contribution in [0.25, 0.3) is 11.3 Å². The van der Waals surface area contributed by atoms with Gasteiger partial charge in [-0.25, -0.2) is 13.2 Å². The lowest BCUT2D eigenvalue weighted by Gasteiger charge is -2.58. The van der Waals surface area contributed by atoms with Crippen molar-refractivity contribution >= 4 is 5.91 Å². The fourth-order valence-corrected chi connectivity index (χ4v) is 6.01. The number of benzene rings is 1. The lowest BCUT2D eigenvalue weighted by molar-refractivity contribution is 0.0172. The minimum absolute atomic E-state index is 0.0900. The van der Waals surface area contributed by atoms with Crippen molar-refractivity contribution in [2.45, 2.75) is 51.4 Å². The summed E-state index contributed by atoms with van der Waals surface area (Å²) in [5.74, 6) is -1.14. The topological polar surface area (TPSA) is 72.1 Å². The molecule has 3 aliphatic carbocycles.